The number of hydrogen-bond donors (Lipinski definition) is 1. The molecule has 0 unspecified atom stereocenters. The van der Waals surface area contributed by atoms with Gasteiger partial charge in [-0.25, -0.2) is 9.59 Å². The Bertz CT molecular complexity index is 1380. The highest BCUT2D eigenvalue weighted by Crippen LogP contribution is 2.67. The molecule has 6 rings (SSSR count). The third kappa shape index (κ3) is 4.02. The van der Waals surface area contributed by atoms with Gasteiger partial charge in [-0.05, 0) is 72.9 Å². The van der Waals surface area contributed by atoms with Crippen molar-refractivity contribution >= 4 is 11.9 Å². The van der Waals surface area contributed by atoms with Crippen LogP contribution in [0.25, 0.3) is 0 Å². The van der Waals surface area contributed by atoms with Crippen LogP contribution in [0.15, 0.2) is 77.4 Å². The lowest BCUT2D eigenvalue weighted by Crippen LogP contribution is -2.74. The number of carbonyl (C=O) groups excluding carboxylic acids is 2. The first-order valence-corrected chi connectivity index (χ1v) is 14.4. The van der Waals surface area contributed by atoms with Gasteiger partial charge in [-0.3, -0.25) is 0 Å². The predicted octanol–water partition coefficient (Wildman–Crippen LogP) is 6.59. The number of rotatable bonds is 5. The van der Waals surface area contributed by atoms with Gasteiger partial charge in [0.2, 0.25) is 0 Å². The molecule has 3 aliphatic carbocycles. The van der Waals surface area contributed by atoms with E-state index in [4.69, 9.17) is 13.9 Å². The normalized spacial score (nSPS) is 34.6. The number of hydrogen-bond acceptors (Lipinski definition) is 6. The second-order valence-electron chi connectivity index (χ2n) is 12.6. The highest BCUT2D eigenvalue weighted by Gasteiger charge is 2.71. The molecule has 1 aromatic heterocycles. The minimum atomic E-state index is -1.43. The van der Waals surface area contributed by atoms with Crippen LogP contribution in [-0.4, -0.2) is 35.4 Å². The first-order chi connectivity index (χ1) is 19.2. The second-order valence-corrected chi connectivity index (χ2v) is 12.6. The molecular weight excluding hydrogens is 504 g/mol. The van der Waals surface area contributed by atoms with Gasteiger partial charge in [0.25, 0.3) is 0 Å². The van der Waals surface area contributed by atoms with Gasteiger partial charge < -0.3 is 19.0 Å². The molecule has 0 saturated heterocycles. The minimum absolute atomic E-state index is 0.0329. The third-order valence-electron chi connectivity index (χ3n) is 10.6. The highest BCUT2D eigenvalue weighted by atomic mass is 16.6. The fraction of sp³-hybridized carbons (Fsp3) is 0.471. The van der Waals surface area contributed by atoms with Crippen LogP contribution < -0.4 is 0 Å². The molecule has 40 heavy (non-hydrogen) atoms. The number of esters is 2. The van der Waals surface area contributed by atoms with E-state index < -0.39 is 34.5 Å². The zero-order chi connectivity index (χ0) is 28.1. The van der Waals surface area contributed by atoms with Crippen molar-refractivity contribution in [2.24, 2.45) is 22.7 Å². The van der Waals surface area contributed by atoms with Crippen LogP contribution >= 0.6 is 0 Å². The fourth-order valence-corrected chi connectivity index (χ4v) is 8.45. The van der Waals surface area contributed by atoms with Crippen molar-refractivity contribution in [3.63, 3.8) is 0 Å². The van der Waals surface area contributed by atoms with Gasteiger partial charge in [0.15, 0.2) is 0 Å². The molecule has 0 bridgehead atoms. The van der Waals surface area contributed by atoms with Crippen LogP contribution in [0.5, 0.6) is 0 Å². The van der Waals surface area contributed by atoms with Crippen molar-refractivity contribution < 1.29 is 28.6 Å². The van der Waals surface area contributed by atoms with E-state index in [0.29, 0.717) is 24.0 Å². The summed E-state index contributed by atoms with van der Waals surface area (Å²) in [5, 5.41) is 13.1. The Kier molecular flexibility index (Phi) is 6.65. The van der Waals surface area contributed by atoms with Crippen molar-refractivity contribution in [1.82, 2.24) is 0 Å². The molecule has 2 saturated carbocycles. The summed E-state index contributed by atoms with van der Waals surface area (Å²) in [6.07, 6.45) is 4.57. The van der Waals surface area contributed by atoms with Gasteiger partial charge in [-0.15, -0.1) is 0 Å². The molecule has 210 valence electrons. The molecule has 7 atom stereocenters. The fourth-order valence-electron chi connectivity index (χ4n) is 8.45. The van der Waals surface area contributed by atoms with Gasteiger partial charge in [0.05, 0.1) is 24.0 Å². The van der Waals surface area contributed by atoms with Crippen LogP contribution in [0, 0.1) is 22.7 Å². The van der Waals surface area contributed by atoms with E-state index in [1.165, 1.54) is 5.56 Å². The molecular formula is C34H38O6. The van der Waals surface area contributed by atoms with Crippen molar-refractivity contribution in [2.75, 3.05) is 6.61 Å². The Hall–Kier alpha value is -3.38. The summed E-state index contributed by atoms with van der Waals surface area (Å²) < 4.78 is 18.2. The summed E-state index contributed by atoms with van der Waals surface area (Å²) in [6, 6.07) is 19.9. The Morgan fingerprint density at radius 2 is 1.60 bits per heavy atom. The van der Waals surface area contributed by atoms with E-state index in [-0.39, 0.29) is 24.4 Å². The van der Waals surface area contributed by atoms with Gasteiger partial charge in [-0.2, -0.15) is 0 Å². The second kappa shape index (κ2) is 9.91. The van der Waals surface area contributed by atoms with Gasteiger partial charge >= 0.3 is 11.9 Å². The Balaban J connectivity index is 1.39. The number of furan rings is 1. The summed E-state index contributed by atoms with van der Waals surface area (Å²) in [5.41, 5.74) is -0.717. The van der Waals surface area contributed by atoms with Gasteiger partial charge in [-0.1, -0.05) is 63.6 Å². The lowest BCUT2D eigenvalue weighted by Gasteiger charge is -2.67. The Morgan fingerprint density at radius 1 is 0.950 bits per heavy atom. The maximum Gasteiger partial charge on any atom is 0.338 e. The Labute approximate surface area is 235 Å². The Morgan fingerprint density at radius 3 is 2.27 bits per heavy atom. The molecule has 2 aromatic carbocycles. The van der Waals surface area contributed by atoms with Crippen LogP contribution in [0.1, 0.15) is 84.4 Å². The minimum Gasteiger partial charge on any atom is -0.469 e. The van der Waals surface area contributed by atoms with Crippen molar-refractivity contribution in [2.45, 2.75) is 70.5 Å². The van der Waals surface area contributed by atoms with E-state index in [1.807, 2.05) is 31.2 Å². The molecule has 3 aromatic rings. The van der Waals surface area contributed by atoms with Crippen molar-refractivity contribution in [1.29, 1.82) is 0 Å². The summed E-state index contributed by atoms with van der Waals surface area (Å²) in [6.45, 7) is 6.41. The number of carbonyl (C=O) groups is 2. The first kappa shape index (κ1) is 26.8. The maximum absolute atomic E-state index is 13.5. The molecule has 6 heteroatoms. The molecule has 0 spiro atoms. The third-order valence-corrected chi connectivity index (χ3v) is 10.6. The van der Waals surface area contributed by atoms with Gasteiger partial charge in [0, 0.05) is 17.3 Å². The largest absolute Gasteiger partial charge is 0.469 e. The predicted molar refractivity (Wildman–Crippen MR) is 150 cm³/mol. The topological polar surface area (TPSA) is 86.0 Å². The zero-order valence-electron chi connectivity index (χ0n) is 23.5. The van der Waals surface area contributed by atoms with E-state index in [0.717, 1.165) is 25.0 Å². The van der Waals surface area contributed by atoms with E-state index in [2.05, 4.69) is 19.9 Å². The summed E-state index contributed by atoms with van der Waals surface area (Å²) in [4.78, 5) is 26.5. The molecule has 0 amide bonds. The first-order valence-electron chi connectivity index (χ1n) is 14.4. The molecule has 0 aliphatic heterocycles. The van der Waals surface area contributed by atoms with E-state index in [1.54, 1.807) is 42.7 Å². The molecule has 1 N–H and O–H groups in total. The van der Waals surface area contributed by atoms with Crippen molar-refractivity contribution in [3.05, 3.63) is 95.4 Å². The summed E-state index contributed by atoms with van der Waals surface area (Å²) in [5.74, 6) is 0.661. The number of benzene rings is 2. The van der Waals surface area contributed by atoms with Crippen molar-refractivity contribution in [3.8, 4) is 0 Å². The monoisotopic (exact) mass is 542 g/mol. The average Bonchev–Trinajstić information content (AvgIpc) is 3.45. The lowest BCUT2D eigenvalue weighted by molar-refractivity contribution is -0.295. The van der Waals surface area contributed by atoms with Crippen LogP contribution in [0.2, 0.25) is 0 Å². The quantitative estimate of drug-likeness (QED) is 0.366. The van der Waals surface area contributed by atoms with Gasteiger partial charge in [0.1, 0.15) is 17.5 Å². The smallest absolute Gasteiger partial charge is 0.338 e. The van der Waals surface area contributed by atoms with Crippen LogP contribution in [-0.2, 0) is 15.9 Å². The van der Waals surface area contributed by atoms with Crippen LogP contribution in [0.3, 0.4) is 0 Å². The standard InChI is InChI=1S/C34H38O6/c1-22-25-15-18-38-28(25)20-27-26(22)19-29(40-31(36)24-13-8-5-9-14-24)34(37)32(2,16-10-17-33(27,34)3)21-39-30(35)23-11-6-4-7-12-23/h4-9,11-15,18,22,26-27,29,37H,10,16-17,19-21H2,1-3H3/t22-,26-,27-,29+,32+,33+,34+/m0/s1. The van der Waals surface area contributed by atoms with E-state index in [9.17, 15) is 14.7 Å². The number of fused-ring (bicyclic) bond motifs is 4. The molecule has 2 fully saturated rings. The summed E-state index contributed by atoms with van der Waals surface area (Å²) in [7, 11) is 0. The van der Waals surface area contributed by atoms with E-state index >= 15 is 0 Å². The maximum atomic E-state index is 13.5. The lowest BCUT2D eigenvalue weighted by atomic mass is 9.40. The summed E-state index contributed by atoms with van der Waals surface area (Å²) >= 11 is 0. The number of aliphatic hydroxyl groups is 1. The molecule has 0 radical (unpaired) electrons. The average molecular weight is 543 g/mol. The molecule has 6 nitrogen and oxygen atoms in total. The van der Waals surface area contributed by atoms with Crippen LogP contribution in [0.4, 0.5) is 0 Å². The number of ether oxygens (including phenoxy) is 2. The molecule has 1 heterocycles. The SMILES string of the molecule is C[C@H]1c2ccoc2C[C@H]2[C@H]1C[C@@H](OC(=O)c1ccccc1)[C@@]1(O)[C@@](C)(COC(=O)c3ccccc3)CCC[C@]21C. The zero-order valence-corrected chi connectivity index (χ0v) is 23.5. The highest BCUT2D eigenvalue weighted by molar-refractivity contribution is 5.90. The molecule has 3 aliphatic rings.